The Morgan fingerprint density at radius 1 is 1.25 bits per heavy atom. The number of carbonyl (C=O) groups is 3. The smallest absolute Gasteiger partial charge is 0.255 e. The molecule has 0 spiro atoms. The number of Topliss-reactive ketones (excluding diaryl/α,β-unsaturated/α-hetero) is 2. The molecule has 4 rings (SSSR count). The van der Waals surface area contributed by atoms with E-state index in [0.717, 1.165) is 0 Å². The fourth-order valence-corrected chi connectivity index (χ4v) is 5.44. The van der Waals surface area contributed by atoms with Gasteiger partial charge in [-0.05, 0) is 32.9 Å². The molecule has 0 bridgehead atoms. The molecule has 11 nitrogen and oxygen atoms in total. The second-order valence-electron chi connectivity index (χ2n) is 8.45. The average Bonchev–Trinajstić information content (AvgIpc) is 2.68. The monoisotopic (exact) mass is 464 g/mol. The Kier molecular flexibility index (Phi) is 4.77. The Balaban J connectivity index is 2.00. The highest BCUT2D eigenvalue weighted by atomic mass is 35.5. The Morgan fingerprint density at radius 2 is 1.88 bits per heavy atom. The van der Waals surface area contributed by atoms with Gasteiger partial charge in [-0.3, -0.25) is 19.3 Å². The molecule has 3 aliphatic rings. The van der Waals surface area contributed by atoms with Crippen LogP contribution >= 0.6 is 11.6 Å². The predicted octanol–water partition coefficient (Wildman–Crippen LogP) is -0.405. The summed E-state index contributed by atoms with van der Waals surface area (Å²) < 4.78 is 0. The first-order valence-electron chi connectivity index (χ1n) is 9.65. The molecule has 1 aromatic rings. The summed E-state index contributed by atoms with van der Waals surface area (Å²) in [7, 11) is 3.05. The largest absolute Gasteiger partial charge is 0.508 e. The number of hydrogen-bond donors (Lipinski definition) is 6. The first-order valence-corrected chi connectivity index (χ1v) is 10.0. The van der Waals surface area contributed by atoms with E-state index in [1.807, 2.05) is 0 Å². The topological polar surface area (TPSA) is 200 Å². The summed E-state index contributed by atoms with van der Waals surface area (Å²) in [5.74, 6) is -7.87. The molecule has 0 aromatic carbocycles. The van der Waals surface area contributed by atoms with E-state index in [1.54, 1.807) is 0 Å². The van der Waals surface area contributed by atoms with Crippen molar-refractivity contribution in [2.75, 3.05) is 19.8 Å². The summed E-state index contributed by atoms with van der Waals surface area (Å²) in [4.78, 5) is 43.7. The molecule has 8 N–H and O–H groups in total. The molecule has 32 heavy (non-hydrogen) atoms. The fraction of sp³-hybridized carbons (Fsp3) is 0.400. The van der Waals surface area contributed by atoms with Crippen molar-refractivity contribution in [2.24, 2.45) is 17.6 Å². The second kappa shape index (κ2) is 6.92. The first-order chi connectivity index (χ1) is 14.8. The molecule has 1 fully saturated rings. The lowest BCUT2D eigenvalue weighted by Crippen LogP contribution is -2.65. The number of nitrogens with two attached hydrogens (primary N) is 2. The van der Waals surface area contributed by atoms with Crippen molar-refractivity contribution in [3.8, 4) is 5.75 Å². The van der Waals surface area contributed by atoms with Crippen LogP contribution in [0.3, 0.4) is 0 Å². The van der Waals surface area contributed by atoms with Crippen LogP contribution in [0.2, 0.25) is 5.15 Å². The number of halogens is 1. The number of nitrogen functional groups attached to an aromatic ring is 1. The highest BCUT2D eigenvalue weighted by molar-refractivity contribution is 6.31. The molecule has 1 heterocycles. The van der Waals surface area contributed by atoms with Crippen LogP contribution in [0.25, 0.3) is 5.76 Å². The number of fused-ring (bicyclic) bond motifs is 3. The van der Waals surface area contributed by atoms with E-state index in [2.05, 4.69) is 4.98 Å². The van der Waals surface area contributed by atoms with E-state index in [1.165, 1.54) is 19.0 Å². The molecule has 0 aliphatic heterocycles. The normalized spacial score (nSPS) is 29.7. The van der Waals surface area contributed by atoms with Gasteiger partial charge in [0.05, 0.1) is 11.6 Å². The van der Waals surface area contributed by atoms with Crippen LogP contribution in [0.1, 0.15) is 17.5 Å². The summed E-state index contributed by atoms with van der Waals surface area (Å²) in [6.45, 7) is 0. The van der Waals surface area contributed by atoms with E-state index >= 15 is 0 Å². The van der Waals surface area contributed by atoms with Crippen LogP contribution in [0.5, 0.6) is 5.75 Å². The van der Waals surface area contributed by atoms with Gasteiger partial charge in [0, 0.05) is 17.1 Å². The van der Waals surface area contributed by atoms with Crippen molar-refractivity contribution in [3.05, 3.63) is 33.2 Å². The van der Waals surface area contributed by atoms with Crippen LogP contribution in [-0.2, 0) is 20.8 Å². The van der Waals surface area contributed by atoms with Gasteiger partial charge in [0.1, 0.15) is 22.2 Å². The molecule has 12 heteroatoms. The van der Waals surface area contributed by atoms with Gasteiger partial charge in [-0.1, -0.05) is 11.6 Å². The van der Waals surface area contributed by atoms with Crippen molar-refractivity contribution < 1.29 is 34.8 Å². The third-order valence-corrected chi connectivity index (χ3v) is 6.87. The maximum Gasteiger partial charge on any atom is 0.255 e. The maximum atomic E-state index is 13.6. The lowest BCUT2D eigenvalue weighted by molar-refractivity contribution is -0.153. The van der Waals surface area contributed by atoms with E-state index in [0.29, 0.717) is 0 Å². The molecular weight excluding hydrogens is 444 g/mol. The molecule has 3 aliphatic carbocycles. The Bertz CT molecular complexity index is 1170. The predicted molar refractivity (Wildman–Crippen MR) is 111 cm³/mol. The minimum absolute atomic E-state index is 0.0345. The van der Waals surface area contributed by atoms with Gasteiger partial charge in [-0.25, -0.2) is 4.98 Å². The quantitative estimate of drug-likeness (QED) is 0.247. The standard InChI is InChI=1S/C20H21ClN4O7/c1-25(2)11-7-4-5-3-6-9(14(28)18(22)24-17(6)21)12(26)8(5)15(29)20(7,32)16(30)10(13(11)27)19(23)31/h5,7,11,26,28,30,32H,3-4H2,1-2H3,(H2,22,24)(H2,23,31)/t5-,7-,11-,20-/m0/s1. The number of likely N-dealkylation sites (N-methyl/N-ethyl adjacent to an activating group) is 1. The first kappa shape index (κ1) is 22.1. The van der Waals surface area contributed by atoms with E-state index in [9.17, 15) is 34.8 Å². The van der Waals surface area contributed by atoms with Gasteiger partial charge in [-0.2, -0.15) is 0 Å². The number of primary amides is 1. The lowest BCUT2D eigenvalue weighted by Gasteiger charge is -2.50. The zero-order valence-corrected chi connectivity index (χ0v) is 17.8. The van der Waals surface area contributed by atoms with Crippen LogP contribution in [0, 0.1) is 11.8 Å². The van der Waals surface area contributed by atoms with Crippen molar-refractivity contribution in [1.29, 1.82) is 0 Å². The number of pyridine rings is 1. The number of aromatic nitrogens is 1. The number of aromatic hydroxyl groups is 1. The maximum absolute atomic E-state index is 13.6. The van der Waals surface area contributed by atoms with Gasteiger partial charge < -0.3 is 31.9 Å². The summed E-state index contributed by atoms with van der Waals surface area (Å²) >= 11 is 6.17. The van der Waals surface area contributed by atoms with Crippen molar-refractivity contribution in [3.63, 3.8) is 0 Å². The minimum atomic E-state index is -2.69. The lowest BCUT2D eigenvalue weighted by atomic mass is 9.57. The highest BCUT2D eigenvalue weighted by Crippen LogP contribution is 2.53. The summed E-state index contributed by atoms with van der Waals surface area (Å²) in [6, 6.07) is -1.15. The van der Waals surface area contributed by atoms with Gasteiger partial charge in [-0.15, -0.1) is 0 Å². The van der Waals surface area contributed by atoms with Gasteiger partial charge in [0.15, 0.2) is 23.0 Å². The fourth-order valence-electron chi connectivity index (χ4n) is 5.17. The Hall–Kier alpha value is -3.15. The summed E-state index contributed by atoms with van der Waals surface area (Å²) in [5, 5.41) is 43.4. The summed E-state index contributed by atoms with van der Waals surface area (Å²) in [5.41, 5.74) is 7.10. The molecule has 0 radical (unpaired) electrons. The third-order valence-electron chi connectivity index (χ3n) is 6.56. The zero-order valence-electron chi connectivity index (χ0n) is 17.1. The van der Waals surface area contributed by atoms with Crippen LogP contribution < -0.4 is 11.5 Å². The zero-order chi connectivity index (χ0) is 23.9. The van der Waals surface area contributed by atoms with Crippen LogP contribution in [0.4, 0.5) is 5.82 Å². The number of aliphatic hydroxyl groups is 3. The van der Waals surface area contributed by atoms with E-state index < -0.39 is 63.8 Å². The number of anilines is 1. The molecule has 0 saturated heterocycles. The van der Waals surface area contributed by atoms with Crippen LogP contribution in [-0.4, -0.2) is 73.5 Å². The number of ketones is 2. The Morgan fingerprint density at radius 3 is 2.44 bits per heavy atom. The van der Waals surface area contributed by atoms with Crippen molar-refractivity contribution in [2.45, 2.75) is 24.5 Å². The number of nitrogens with zero attached hydrogens (tertiary/aromatic N) is 2. The Labute approximate surface area is 186 Å². The highest BCUT2D eigenvalue weighted by Gasteiger charge is 2.64. The van der Waals surface area contributed by atoms with Gasteiger partial charge in [0.25, 0.3) is 5.91 Å². The van der Waals surface area contributed by atoms with Gasteiger partial charge in [0.2, 0.25) is 5.78 Å². The number of aliphatic hydroxyl groups excluding tert-OH is 2. The number of carbonyl (C=O) groups excluding carboxylic acids is 3. The van der Waals surface area contributed by atoms with E-state index in [4.69, 9.17) is 23.1 Å². The molecule has 1 amide bonds. The third kappa shape index (κ3) is 2.61. The number of rotatable bonds is 2. The summed E-state index contributed by atoms with van der Waals surface area (Å²) in [6.07, 6.45) is 0.0153. The second-order valence-corrected chi connectivity index (χ2v) is 8.81. The molecular formula is C20H21ClN4O7. The van der Waals surface area contributed by atoms with Crippen LogP contribution in [0.15, 0.2) is 16.9 Å². The average molecular weight is 465 g/mol. The van der Waals surface area contributed by atoms with Gasteiger partial charge >= 0.3 is 0 Å². The molecule has 170 valence electrons. The van der Waals surface area contributed by atoms with Crippen molar-refractivity contribution in [1.82, 2.24) is 9.88 Å². The SMILES string of the molecule is CN(C)[C@@H]1C(=O)C(C(N)=O)=C(O)[C@@]2(O)C(=O)C3=C(O)c4c(O)c(N)nc(Cl)c4C[C@H]3C[C@@H]12. The van der Waals surface area contributed by atoms with Crippen molar-refractivity contribution >= 4 is 40.7 Å². The number of amides is 1. The van der Waals surface area contributed by atoms with E-state index in [-0.39, 0.29) is 40.5 Å². The minimum Gasteiger partial charge on any atom is -0.508 e. The molecule has 1 aromatic heterocycles. The molecule has 1 saturated carbocycles. The number of hydrogen-bond acceptors (Lipinski definition) is 10. The molecule has 4 atom stereocenters. The molecule has 0 unspecified atom stereocenters.